The molecule has 2 aliphatic heterocycles. The molecular formula is C18H20ClFN4O2. The standard InChI is InChI=1S/C18H20ClFN4O2/c1-11-8-22(9-11)17(25)15-3-2-4-16-21-23(18(26)24(15)16)10-12-5-6-13(19)14(20)7-12/h5-7,11,15H,2-4,8-10H2,1H3/t15-/m0/s1. The lowest BCUT2D eigenvalue weighted by atomic mass is 9.98. The van der Waals surface area contributed by atoms with E-state index in [2.05, 4.69) is 12.0 Å². The number of likely N-dealkylation sites (tertiary alicyclic amines) is 1. The number of nitrogens with zero attached hydrogens (tertiary/aromatic N) is 4. The number of halogens is 2. The van der Waals surface area contributed by atoms with Gasteiger partial charge in [0.2, 0.25) is 5.91 Å². The summed E-state index contributed by atoms with van der Waals surface area (Å²) in [5.41, 5.74) is 0.283. The topological polar surface area (TPSA) is 60.1 Å². The lowest BCUT2D eigenvalue weighted by Crippen LogP contribution is -2.52. The number of aromatic nitrogens is 3. The predicted molar refractivity (Wildman–Crippen MR) is 94.7 cm³/mol. The molecule has 1 aromatic carbocycles. The molecule has 1 saturated heterocycles. The number of carbonyl (C=O) groups excluding carboxylic acids is 1. The summed E-state index contributed by atoms with van der Waals surface area (Å²) in [6.45, 7) is 3.75. The van der Waals surface area contributed by atoms with Crippen LogP contribution in [0.25, 0.3) is 0 Å². The number of rotatable bonds is 3. The van der Waals surface area contributed by atoms with Crippen LogP contribution in [0, 0.1) is 11.7 Å². The number of amides is 1. The van der Waals surface area contributed by atoms with Crippen molar-refractivity contribution in [1.29, 1.82) is 0 Å². The average Bonchev–Trinajstić information content (AvgIpc) is 2.91. The molecule has 3 heterocycles. The Hall–Kier alpha value is -2.15. The highest BCUT2D eigenvalue weighted by Crippen LogP contribution is 2.27. The van der Waals surface area contributed by atoms with E-state index in [1.165, 1.54) is 21.4 Å². The van der Waals surface area contributed by atoms with E-state index in [0.29, 0.717) is 30.1 Å². The molecule has 0 bridgehead atoms. The van der Waals surface area contributed by atoms with Crippen LogP contribution in [0.5, 0.6) is 0 Å². The van der Waals surface area contributed by atoms with E-state index in [1.54, 1.807) is 6.07 Å². The third kappa shape index (κ3) is 2.94. The van der Waals surface area contributed by atoms with E-state index in [4.69, 9.17) is 11.6 Å². The van der Waals surface area contributed by atoms with Crippen molar-refractivity contribution >= 4 is 17.5 Å². The van der Waals surface area contributed by atoms with Crippen LogP contribution in [0.3, 0.4) is 0 Å². The first-order valence-electron chi connectivity index (χ1n) is 8.85. The van der Waals surface area contributed by atoms with Crippen molar-refractivity contribution in [3.63, 3.8) is 0 Å². The summed E-state index contributed by atoms with van der Waals surface area (Å²) in [6, 6.07) is 3.96. The molecule has 0 spiro atoms. The second kappa shape index (κ2) is 6.54. The molecule has 26 heavy (non-hydrogen) atoms. The van der Waals surface area contributed by atoms with E-state index in [1.807, 2.05) is 4.90 Å². The van der Waals surface area contributed by atoms with Crippen molar-refractivity contribution in [3.05, 3.63) is 50.9 Å². The van der Waals surface area contributed by atoms with Crippen LogP contribution < -0.4 is 5.69 Å². The average molecular weight is 379 g/mol. The van der Waals surface area contributed by atoms with E-state index < -0.39 is 11.9 Å². The van der Waals surface area contributed by atoms with Crippen molar-refractivity contribution in [1.82, 2.24) is 19.2 Å². The molecule has 8 heteroatoms. The molecule has 4 rings (SSSR count). The monoisotopic (exact) mass is 378 g/mol. The molecule has 1 amide bonds. The lowest BCUT2D eigenvalue weighted by Gasteiger charge is -2.40. The summed E-state index contributed by atoms with van der Waals surface area (Å²) in [6.07, 6.45) is 2.14. The Kier molecular flexibility index (Phi) is 4.34. The van der Waals surface area contributed by atoms with Crippen LogP contribution in [0.4, 0.5) is 4.39 Å². The summed E-state index contributed by atoms with van der Waals surface area (Å²) in [5, 5.41) is 4.43. The minimum Gasteiger partial charge on any atom is -0.340 e. The van der Waals surface area contributed by atoms with Crippen molar-refractivity contribution in [3.8, 4) is 0 Å². The third-order valence-electron chi connectivity index (χ3n) is 5.11. The van der Waals surface area contributed by atoms with Gasteiger partial charge >= 0.3 is 5.69 Å². The molecule has 6 nitrogen and oxygen atoms in total. The molecule has 0 aliphatic carbocycles. The SMILES string of the molecule is CC1CN(C(=O)[C@@H]2CCCc3nn(Cc4ccc(Cl)c(F)c4)c(=O)n32)C1. The van der Waals surface area contributed by atoms with Crippen molar-refractivity contribution in [2.75, 3.05) is 13.1 Å². The summed E-state index contributed by atoms with van der Waals surface area (Å²) in [4.78, 5) is 27.4. The Morgan fingerprint density at radius 2 is 2.15 bits per heavy atom. The van der Waals surface area contributed by atoms with Crippen LogP contribution in [0.15, 0.2) is 23.0 Å². The Labute approximate surface area is 155 Å². The van der Waals surface area contributed by atoms with E-state index >= 15 is 0 Å². The Balaban J connectivity index is 1.62. The molecule has 2 aliphatic rings. The van der Waals surface area contributed by atoms with Gasteiger partial charge in [0.25, 0.3) is 0 Å². The van der Waals surface area contributed by atoms with E-state index in [0.717, 1.165) is 19.5 Å². The van der Waals surface area contributed by atoms with Gasteiger partial charge in [-0.1, -0.05) is 24.6 Å². The van der Waals surface area contributed by atoms with Gasteiger partial charge in [-0.25, -0.2) is 13.9 Å². The van der Waals surface area contributed by atoms with Crippen LogP contribution in [-0.2, 0) is 17.8 Å². The fourth-order valence-corrected chi connectivity index (χ4v) is 3.89. The summed E-state index contributed by atoms with van der Waals surface area (Å²) < 4.78 is 16.5. The minimum absolute atomic E-state index is 0.00300. The fourth-order valence-electron chi connectivity index (χ4n) is 3.77. The van der Waals surface area contributed by atoms with Crippen LogP contribution in [0.2, 0.25) is 5.02 Å². The quantitative estimate of drug-likeness (QED) is 0.823. The Morgan fingerprint density at radius 1 is 1.38 bits per heavy atom. The minimum atomic E-state index is -0.527. The van der Waals surface area contributed by atoms with Crippen LogP contribution in [-0.4, -0.2) is 38.2 Å². The molecule has 2 aromatic rings. The second-order valence-electron chi connectivity index (χ2n) is 7.23. The largest absolute Gasteiger partial charge is 0.346 e. The van der Waals surface area contributed by atoms with Crippen LogP contribution >= 0.6 is 11.6 Å². The maximum absolute atomic E-state index is 13.6. The Morgan fingerprint density at radius 3 is 2.85 bits per heavy atom. The molecular weight excluding hydrogens is 359 g/mol. The summed E-state index contributed by atoms with van der Waals surface area (Å²) in [7, 11) is 0. The molecule has 0 N–H and O–H groups in total. The van der Waals surface area contributed by atoms with Gasteiger partial charge in [0.1, 0.15) is 17.7 Å². The van der Waals surface area contributed by atoms with Crippen molar-refractivity contribution < 1.29 is 9.18 Å². The maximum Gasteiger partial charge on any atom is 0.346 e. The molecule has 1 aromatic heterocycles. The molecule has 0 radical (unpaired) electrons. The molecule has 1 fully saturated rings. The number of fused-ring (bicyclic) bond motifs is 1. The van der Waals surface area contributed by atoms with E-state index in [-0.39, 0.29) is 23.2 Å². The number of carbonyl (C=O) groups is 1. The van der Waals surface area contributed by atoms with Crippen molar-refractivity contribution in [2.24, 2.45) is 5.92 Å². The second-order valence-corrected chi connectivity index (χ2v) is 7.64. The van der Waals surface area contributed by atoms with Gasteiger partial charge in [-0.15, -0.1) is 0 Å². The zero-order valence-corrected chi connectivity index (χ0v) is 15.2. The lowest BCUT2D eigenvalue weighted by molar-refractivity contribution is -0.141. The number of hydrogen-bond donors (Lipinski definition) is 0. The smallest absolute Gasteiger partial charge is 0.340 e. The van der Waals surface area contributed by atoms with Gasteiger partial charge in [0.15, 0.2) is 0 Å². The molecule has 0 saturated carbocycles. The number of hydrogen-bond acceptors (Lipinski definition) is 3. The maximum atomic E-state index is 13.6. The first-order valence-corrected chi connectivity index (χ1v) is 9.23. The Bertz CT molecular complexity index is 916. The number of benzene rings is 1. The molecule has 0 unspecified atom stereocenters. The normalized spacial score (nSPS) is 20.0. The summed E-state index contributed by atoms with van der Waals surface area (Å²) in [5.74, 6) is 0.619. The highest BCUT2D eigenvalue weighted by Gasteiger charge is 2.37. The van der Waals surface area contributed by atoms with E-state index in [9.17, 15) is 14.0 Å². The number of aryl methyl sites for hydroxylation is 1. The van der Waals surface area contributed by atoms with Crippen molar-refractivity contribution in [2.45, 2.75) is 38.8 Å². The first kappa shape index (κ1) is 17.3. The van der Waals surface area contributed by atoms with Crippen LogP contribution in [0.1, 0.15) is 37.2 Å². The van der Waals surface area contributed by atoms with Gasteiger partial charge in [-0.2, -0.15) is 5.10 Å². The highest BCUT2D eigenvalue weighted by molar-refractivity contribution is 6.30. The first-order chi connectivity index (χ1) is 12.4. The predicted octanol–water partition coefficient (Wildman–Crippen LogP) is 2.24. The van der Waals surface area contributed by atoms with Gasteiger partial charge in [0.05, 0.1) is 11.6 Å². The van der Waals surface area contributed by atoms with Gasteiger partial charge in [-0.3, -0.25) is 9.36 Å². The highest BCUT2D eigenvalue weighted by atomic mass is 35.5. The van der Waals surface area contributed by atoms with Gasteiger partial charge < -0.3 is 4.90 Å². The zero-order valence-electron chi connectivity index (χ0n) is 14.5. The van der Waals surface area contributed by atoms with Gasteiger partial charge in [0, 0.05) is 19.5 Å². The fraction of sp³-hybridized carbons (Fsp3) is 0.500. The van der Waals surface area contributed by atoms with Gasteiger partial charge in [-0.05, 0) is 36.5 Å². The summed E-state index contributed by atoms with van der Waals surface area (Å²) >= 11 is 5.71. The zero-order chi connectivity index (χ0) is 18.4. The molecule has 138 valence electrons. The molecule has 1 atom stereocenters. The third-order valence-corrected chi connectivity index (χ3v) is 5.41.